The van der Waals surface area contributed by atoms with Crippen molar-refractivity contribution in [3.05, 3.63) is 40.7 Å². The van der Waals surface area contributed by atoms with Crippen molar-refractivity contribution in [2.45, 2.75) is 13.8 Å². The van der Waals surface area contributed by atoms with E-state index in [1.54, 1.807) is 18.2 Å². The third-order valence-electron chi connectivity index (χ3n) is 1.40. The Morgan fingerprint density at radius 1 is 1.46 bits per heavy atom. The Morgan fingerprint density at radius 3 is 2.62 bits per heavy atom. The SMILES string of the molecule is CC(C)=CC(=O)c1ccc(Cl)cn1. The lowest BCUT2D eigenvalue weighted by atomic mass is 10.2. The van der Waals surface area contributed by atoms with Gasteiger partial charge in [-0.1, -0.05) is 17.2 Å². The summed E-state index contributed by atoms with van der Waals surface area (Å²) in [6.45, 7) is 3.74. The van der Waals surface area contributed by atoms with Crippen molar-refractivity contribution in [1.29, 1.82) is 0 Å². The summed E-state index contributed by atoms with van der Waals surface area (Å²) in [6.07, 6.45) is 3.02. The highest BCUT2D eigenvalue weighted by molar-refractivity contribution is 6.30. The normalized spacial score (nSPS) is 9.46. The van der Waals surface area contributed by atoms with Crippen molar-refractivity contribution in [2.75, 3.05) is 0 Å². The first-order chi connectivity index (χ1) is 6.09. The predicted molar refractivity (Wildman–Crippen MR) is 53.0 cm³/mol. The molecule has 3 heteroatoms. The van der Waals surface area contributed by atoms with Gasteiger partial charge in [0.05, 0.1) is 5.02 Å². The zero-order valence-electron chi connectivity index (χ0n) is 7.54. The van der Waals surface area contributed by atoms with Crippen LogP contribution in [0.2, 0.25) is 5.02 Å². The highest BCUT2D eigenvalue weighted by atomic mass is 35.5. The largest absolute Gasteiger partial charge is 0.288 e. The summed E-state index contributed by atoms with van der Waals surface area (Å²) >= 11 is 5.63. The Balaban J connectivity index is 2.90. The van der Waals surface area contributed by atoms with Gasteiger partial charge in [-0.3, -0.25) is 9.78 Å². The molecule has 0 saturated heterocycles. The number of ketones is 1. The van der Waals surface area contributed by atoms with Gasteiger partial charge in [-0.05, 0) is 32.1 Å². The van der Waals surface area contributed by atoms with E-state index in [4.69, 9.17) is 11.6 Å². The van der Waals surface area contributed by atoms with Crippen LogP contribution >= 0.6 is 11.6 Å². The maximum absolute atomic E-state index is 11.4. The number of rotatable bonds is 2. The van der Waals surface area contributed by atoms with E-state index < -0.39 is 0 Å². The highest BCUT2D eigenvalue weighted by Gasteiger charge is 2.02. The molecule has 1 aromatic heterocycles. The van der Waals surface area contributed by atoms with Gasteiger partial charge in [-0.2, -0.15) is 0 Å². The molecule has 0 saturated carbocycles. The van der Waals surface area contributed by atoms with Crippen LogP contribution < -0.4 is 0 Å². The number of allylic oxidation sites excluding steroid dienone is 2. The minimum Gasteiger partial charge on any atom is -0.288 e. The topological polar surface area (TPSA) is 30.0 Å². The number of aromatic nitrogens is 1. The van der Waals surface area contributed by atoms with Crippen LogP contribution in [0.15, 0.2) is 30.0 Å². The van der Waals surface area contributed by atoms with Crippen molar-refractivity contribution < 1.29 is 4.79 Å². The highest BCUT2D eigenvalue weighted by Crippen LogP contribution is 2.07. The predicted octanol–water partition coefficient (Wildman–Crippen LogP) is 2.88. The van der Waals surface area contributed by atoms with Crippen LogP contribution in [0.25, 0.3) is 0 Å². The fourth-order valence-electron chi connectivity index (χ4n) is 0.858. The van der Waals surface area contributed by atoms with Crippen LogP contribution in [0.5, 0.6) is 0 Å². The van der Waals surface area contributed by atoms with E-state index >= 15 is 0 Å². The summed E-state index contributed by atoms with van der Waals surface area (Å²) in [5.74, 6) is -0.0864. The molecule has 0 amide bonds. The molecule has 0 fully saturated rings. The number of hydrogen-bond donors (Lipinski definition) is 0. The Bertz CT molecular complexity index is 336. The van der Waals surface area contributed by atoms with Crippen LogP contribution in [-0.4, -0.2) is 10.8 Å². The maximum atomic E-state index is 11.4. The molecule has 68 valence electrons. The Kier molecular flexibility index (Phi) is 3.20. The Morgan fingerprint density at radius 2 is 2.15 bits per heavy atom. The van der Waals surface area contributed by atoms with Crippen LogP contribution in [0.1, 0.15) is 24.3 Å². The molecule has 0 aromatic carbocycles. The first kappa shape index (κ1) is 9.93. The molecule has 1 rings (SSSR count). The average Bonchev–Trinajstić information content (AvgIpc) is 2.04. The molecule has 1 aromatic rings. The molecule has 1 heterocycles. The van der Waals surface area contributed by atoms with Gasteiger partial charge in [0, 0.05) is 6.20 Å². The van der Waals surface area contributed by atoms with E-state index in [9.17, 15) is 4.79 Å². The number of pyridine rings is 1. The third kappa shape index (κ3) is 2.99. The minimum absolute atomic E-state index is 0.0864. The summed E-state index contributed by atoms with van der Waals surface area (Å²) in [5, 5.41) is 0.536. The Hall–Kier alpha value is -1.15. The molecular weight excluding hydrogens is 186 g/mol. The lowest BCUT2D eigenvalue weighted by Gasteiger charge is -1.95. The molecular formula is C10H10ClNO. The molecule has 0 aliphatic carbocycles. The first-order valence-electron chi connectivity index (χ1n) is 3.90. The van der Waals surface area contributed by atoms with Gasteiger partial charge in [-0.15, -0.1) is 0 Å². The number of hydrogen-bond acceptors (Lipinski definition) is 2. The zero-order valence-corrected chi connectivity index (χ0v) is 8.30. The van der Waals surface area contributed by atoms with Crippen LogP contribution in [0.3, 0.4) is 0 Å². The van der Waals surface area contributed by atoms with E-state index in [1.807, 2.05) is 13.8 Å². The van der Waals surface area contributed by atoms with Gasteiger partial charge in [0.25, 0.3) is 0 Å². The number of nitrogens with zero attached hydrogens (tertiary/aromatic N) is 1. The van der Waals surface area contributed by atoms with Gasteiger partial charge in [0.15, 0.2) is 0 Å². The fraction of sp³-hybridized carbons (Fsp3) is 0.200. The van der Waals surface area contributed by atoms with Crippen LogP contribution in [-0.2, 0) is 0 Å². The van der Waals surface area contributed by atoms with Gasteiger partial charge in [-0.25, -0.2) is 0 Å². The number of halogens is 1. The van der Waals surface area contributed by atoms with Crippen LogP contribution in [0.4, 0.5) is 0 Å². The van der Waals surface area contributed by atoms with E-state index in [1.165, 1.54) is 6.20 Å². The van der Waals surface area contributed by atoms with Crippen molar-refractivity contribution in [3.8, 4) is 0 Å². The molecule has 0 radical (unpaired) electrons. The second-order valence-corrected chi connectivity index (χ2v) is 3.38. The summed E-state index contributed by atoms with van der Waals surface area (Å²) in [4.78, 5) is 15.3. The maximum Gasteiger partial charge on any atom is 0.204 e. The van der Waals surface area contributed by atoms with E-state index in [2.05, 4.69) is 4.98 Å². The molecule has 2 nitrogen and oxygen atoms in total. The standard InChI is InChI=1S/C10H10ClNO/c1-7(2)5-10(13)9-4-3-8(11)6-12-9/h3-6H,1-2H3. The van der Waals surface area contributed by atoms with Crippen LogP contribution in [0, 0.1) is 0 Å². The quantitative estimate of drug-likeness (QED) is 0.537. The number of carbonyl (C=O) groups excluding carboxylic acids is 1. The fourth-order valence-corrected chi connectivity index (χ4v) is 0.969. The molecule has 0 N–H and O–H groups in total. The summed E-state index contributed by atoms with van der Waals surface area (Å²) in [7, 11) is 0. The molecule has 0 spiro atoms. The van der Waals surface area contributed by atoms with Gasteiger partial charge in [0.2, 0.25) is 5.78 Å². The van der Waals surface area contributed by atoms with E-state index in [0.29, 0.717) is 10.7 Å². The first-order valence-corrected chi connectivity index (χ1v) is 4.28. The van der Waals surface area contributed by atoms with Gasteiger partial charge < -0.3 is 0 Å². The average molecular weight is 196 g/mol. The van der Waals surface area contributed by atoms with E-state index in [-0.39, 0.29) is 5.78 Å². The second-order valence-electron chi connectivity index (χ2n) is 2.95. The van der Waals surface area contributed by atoms with E-state index in [0.717, 1.165) is 5.57 Å². The summed E-state index contributed by atoms with van der Waals surface area (Å²) < 4.78 is 0. The molecule has 0 unspecified atom stereocenters. The molecule has 0 atom stereocenters. The van der Waals surface area contributed by atoms with Crippen molar-refractivity contribution in [2.24, 2.45) is 0 Å². The summed E-state index contributed by atoms with van der Waals surface area (Å²) in [6, 6.07) is 3.27. The minimum atomic E-state index is -0.0864. The molecule has 0 aliphatic heterocycles. The van der Waals surface area contributed by atoms with Gasteiger partial charge >= 0.3 is 0 Å². The monoisotopic (exact) mass is 195 g/mol. The van der Waals surface area contributed by atoms with Crippen molar-refractivity contribution >= 4 is 17.4 Å². The molecule has 13 heavy (non-hydrogen) atoms. The lowest BCUT2D eigenvalue weighted by molar-refractivity contribution is 0.104. The molecule has 0 aliphatic rings. The lowest BCUT2D eigenvalue weighted by Crippen LogP contribution is -1.97. The van der Waals surface area contributed by atoms with Gasteiger partial charge in [0.1, 0.15) is 5.69 Å². The molecule has 0 bridgehead atoms. The van der Waals surface area contributed by atoms with Crippen molar-refractivity contribution in [3.63, 3.8) is 0 Å². The smallest absolute Gasteiger partial charge is 0.204 e. The summed E-state index contributed by atoms with van der Waals surface area (Å²) in [5.41, 5.74) is 1.38. The van der Waals surface area contributed by atoms with Crippen molar-refractivity contribution in [1.82, 2.24) is 4.98 Å². The Labute approximate surface area is 82.3 Å². The zero-order chi connectivity index (χ0) is 9.84. The third-order valence-corrected chi connectivity index (χ3v) is 1.62. The second kappa shape index (κ2) is 4.19. The number of carbonyl (C=O) groups is 1.